The summed E-state index contributed by atoms with van der Waals surface area (Å²) in [5.74, 6) is 0.113. The first kappa shape index (κ1) is 24.0. The number of hydrogen-bond acceptors (Lipinski definition) is 4. The predicted molar refractivity (Wildman–Crippen MR) is 133 cm³/mol. The van der Waals surface area contributed by atoms with Crippen molar-refractivity contribution < 1.29 is 0 Å². The maximum atomic E-state index is 9.90. The average Bonchev–Trinajstić information content (AvgIpc) is 3.22. The van der Waals surface area contributed by atoms with Crippen LogP contribution in [-0.2, 0) is 6.42 Å². The highest BCUT2D eigenvalue weighted by atomic mass is 35.5. The Morgan fingerprint density at radius 3 is 2.41 bits per heavy atom. The number of nitrogens with zero attached hydrogens (tertiary/aromatic N) is 2. The molecule has 0 bridgehead atoms. The molecule has 0 saturated heterocycles. The fourth-order valence-corrected chi connectivity index (χ4v) is 5.26. The van der Waals surface area contributed by atoms with Gasteiger partial charge in [-0.1, -0.05) is 35.9 Å². The fraction of sp³-hybridized carbons (Fsp3) is 0.333. The van der Waals surface area contributed by atoms with Gasteiger partial charge in [-0.05, 0) is 86.5 Å². The summed E-state index contributed by atoms with van der Waals surface area (Å²) in [6.45, 7) is 8.21. The van der Waals surface area contributed by atoms with E-state index in [4.69, 9.17) is 11.6 Å². The molecule has 2 aromatic carbocycles. The number of halogens is 1. The first-order chi connectivity index (χ1) is 15.2. The molecular weight excluding hydrogens is 434 g/mol. The fourth-order valence-electron chi connectivity index (χ4n) is 3.99. The Balaban J connectivity index is 1.97. The van der Waals surface area contributed by atoms with Crippen molar-refractivity contribution in [2.24, 2.45) is 5.41 Å². The van der Waals surface area contributed by atoms with Gasteiger partial charge in [0.2, 0.25) is 0 Å². The molecule has 0 saturated carbocycles. The molecule has 0 spiro atoms. The molecule has 32 heavy (non-hydrogen) atoms. The van der Waals surface area contributed by atoms with Crippen LogP contribution in [0.3, 0.4) is 0 Å². The van der Waals surface area contributed by atoms with Crippen molar-refractivity contribution in [1.82, 2.24) is 5.32 Å². The molecule has 5 heteroatoms. The highest BCUT2D eigenvalue weighted by Gasteiger charge is 2.34. The number of thiophene rings is 1. The molecule has 3 nitrogen and oxygen atoms in total. The molecule has 1 unspecified atom stereocenters. The van der Waals surface area contributed by atoms with E-state index >= 15 is 0 Å². The largest absolute Gasteiger partial charge is 0.305 e. The van der Waals surface area contributed by atoms with E-state index in [1.165, 1.54) is 11.1 Å². The summed E-state index contributed by atoms with van der Waals surface area (Å²) < 4.78 is 0. The summed E-state index contributed by atoms with van der Waals surface area (Å²) in [7, 11) is 0. The summed E-state index contributed by atoms with van der Waals surface area (Å²) in [5, 5.41) is 25.9. The maximum absolute atomic E-state index is 9.90. The minimum absolute atomic E-state index is 0.0552. The zero-order valence-electron chi connectivity index (χ0n) is 18.9. The highest BCUT2D eigenvalue weighted by Crippen LogP contribution is 2.38. The van der Waals surface area contributed by atoms with Crippen LogP contribution in [0.4, 0.5) is 0 Å². The van der Waals surface area contributed by atoms with Gasteiger partial charge in [0.15, 0.2) is 0 Å². The van der Waals surface area contributed by atoms with E-state index in [2.05, 4.69) is 60.9 Å². The average molecular weight is 462 g/mol. The molecule has 0 radical (unpaired) electrons. The predicted octanol–water partition coefficient (Wildman–Crippen LogP) is 7.18. The molecule has 0 fully saturated rings. The number of nitrogens with one attached hydrogen (secondary N) is 1. The van der Waals surface area contributed by atoms with E-state index in [0.717, 1.165) is 16.9 Å². The standard InChI is InChI=1S/C27H28ClN3S/c1-18-12-25(32-16-18)26(27(3,4)17-30)31-19(2)24(14-20-8-10-23(28)11-9-20)22-7-5-6-21(13-22)15-29/h5-13,16,19,24,26,31H,14H2,1-4H3/t19-,24+,26?/m0/s1. The van der Waals surface area contributed by atoms with Crippen molar-refractivity contribution in [2.45, 2.75) is 52.1 Å². The van der Waals surface area contributed by atoms with Crippen LogP contribution in [-0.4, -0.2) is 6.04 Å². The number of aryl methyl sites for hydroxylation is 1. The summed E-state index contributed by atoms with van der Waals surface area (Å²) >= 11 is 7.78. The van der Waals surface area contributed by atoms with Gasteiger partial charge >= 0.3 is 0 Å². The zero-order valence-corrected chi connectivity index (χ0v) is 20.5. The van der Waals surface area contributed by atoms with Crippen molar-refractivity contribution in [3.63, 3.8) is 0 Å². The van der Waals surface area contributed by atoms with E-state index in [-0.39, 0.29) is 18.0 Å². The Hall–Kier alpha value is -2.63. The van der Waals surface area contributed by atoms with Crippen LogP contribution in [0, 0.1) is 35.0 Å². The first-order valence-electron chi connectivity index (χ1n) is 10.7. The molecule has 0 aliphatic rings. The lowest BCUT2D eigenvalue weighted by molar-refractivity contribution is 0.284. The van der Waals surface area contributed by atoms with Crippen molar-refractivity contribution in [2.75, 3.05) is 0 Å². The molecule has 1 aromatic heterocycles. The van der Waals surface area contributed by atoms with Crippen LogP contribution >= 0.6 is 22.9 Å². The third-order valence-electron chi connectivity index (χ3n) is 5.89. The van der Waals surface area contributed by atoms with Gasteiger partial charge in [-0.15, -0.1) is 11.3 Å². The zero-order chi connectivity index (χ0) is 23.3. The lowest BCUT2D eigenvalue weighted by Gasteiger charge is -2.35. The molecule has 0 amide bonds. The topological polar surface area (TPSA) is 59.6 Å². The lowest BCUT2D eigenvalue weighted by Crippen LogP contribution is -2.41. The molecule has 3 aromatic rings. The van der Waals surface area contributed by atoms with E-state index in [1.807, 2.05) is 44.2 Å². The van der Waals surface area contributed by atoms with E-state index < -0.39 is 5.41 Å². The van der Waals surface area contributed by atoms with Crippen LogP contribution < -0.4 is 5.32 Å². The number of hydrogen-bond donors (Lipinski definition) is 1. The smallest absolute Gasteiger partial charge is 0.0991 e. The van der Waals surface area contributed by atoms with Gasteiger partial charge in [0.25, 0.3) is 0 Å². The molecule has 3 atom stereocenters. The third-order valence-corrected chi connectivity index (χ3v) is 7.26. The van der Waals surface area contributed by atoms with Gasteiger partial charge in [0.05, 0.1) is 29.2 Å². The van der Waals surface area contributed by atoms with Gasteiger partial charge in [-0.3, -0.25) is 0 Å². The molecule has 3 rings (SSSR count). The minimum Gasteiger partial charge on any atom is -0.305 e. The van der Waals surface area contributed by atoms with Crippen molar-refractivity contribution in [3.05, 3.63) is 92.1 Å². The monoisotopic (exact) mass is 461 g/mol. The normalized spacial score (nSPS) is 14.2. The van der Waals surface area contributed by atoms with Crippen molar-refractivity contribution in [3.8, 4) is 12.1 Å². The molecule has 0 aliphatic carbocycles. The second-order valence-corrected chi connectivity index (χ2v) is 10.3. The van der Waals surface area contributed by atoms with Gasteiger partial charge in [0, 0.05) is 21.9 Å². The van der Waals surface area contributed by atoms with Gasteiger partial charge < -0.3 is 5.32 Å². The number of rotatable bonds is 8. The highest BCUT2D eigenvalue weighted by molar-refractivity contribution is 7.10. The van der Waals surface area contributed by atoms with Crippen LogP contribution in [0.25, 0.3) is 0 Å². The second kappa shape index (κ2) is 10.3. The summed E-state index contributed by atoms with van der Waals surface area (Å²) in [6, 6.07) is 22.6. The van der Waals surface area contributed by atoms with Gasteiger partial charge in [0.1, 0.15) is 0 Å². The lowest BCUT2D eigenvalue weighted by atomic mass is 9.81. The van der Waals surface area contributed by atoms with Crippen LogP contribution in [0.1, 0.15) is 59.9 Å². The number of nitriles is 2. The third kappa shape index (κ3) is 5.78. The van der Waals surface area contributed by atoms with Crippen LogP contribution in [0.2, 0.25) is 5.02 Å². The van der Waals surface area contributed by atoms with Gasteiger partial charge in [-0.25, -0.2) is 0 Å². The van der Waals surface area contributed by atoms with E-state index in [1.54, 1.807) is 11.3 Å². The Bertz CT molecular complexity index is 1130. The van der Waals surface area contributed by atoms with Crippen molar-refractivity contribution >= 4 is 22.9 Å². The van der Waals surface area contributed by atoms with Crippen LogP contribution in [0.15, 0.2) is 60.0 Å². The second-order valence-electron chi connectivity index (χ2n) is 8.92. The molecule has 164 valence electrons. The minimum atomic E-state index is -0.578. The summed E-state index contributed by atoms with van der Waals surface area (Å²) in [5.41, 5.74) is 3.56. The number of benzene rings is 2. The Morgan fingerprint density at radius 2 is 1.81 bits per heavy atom. The van der Waals surface area contributed by atoms with E-state index in [0.29, 0.717) is 10.6 Å². The first-order valence-corrected chi connectivity index (χ1v) is 12.0. The molecule has 1 N–H and O–H groups in total. The summed E-state index contributed by atoms with van der Waals surface area (Å²) in [6.07, 6.45) is 0.795. The molecule has 0 aliphatic heterocycles. The van der Waals surface area contributed by atoms with Crippen LogP contribution in [0.5, 0.6) is 0 Å². The van der Waals surface area contributed by atoms with Gasteiger partial charge in [-0.2, -0.15) is 10.5 Å². The maximum Gasteiger partial charge on any atom is 0.0991 e. The molecular formula is C27H28ClN3S. The van der Waals surface area contributed by atoms with E-state index in [9.17, 15) is 10.5 Å². The molecule has 1 heterocycles. The Morgan fingerprint density at radius 1 is 1.09 bits per heavy atom. The summed E-state index contributed by atoms with van der Waals surface area (Å²) in [4.78, 5) is 1.16. The SMILES string of the molecule is Cc1csc(C(N[C@@H](C)[C@@H](Cc2ccc(Cl)cc2)c2cccc(C#N)c2)C(C)(C)C#N)c1. The quantitative estimate of drug-likeness (QED) is 0.386. The Labute approximate surface area is 200 Å². The Kier molecular flexibility index (Phi) is 7.75. The van der Waals surface area contributed by atoms with Crippen molar-refractivity contribution in [1.29, 1.82) is 10.5 Å².